The third-order valence-electron chi connectivity index (χ3n) is 4.45. The van der Waals surface area contributed by atoms with Gasteiger partial charge in [-0.25, -0.2) is 0 Å². The minimum absolute atomic E-state index is 0.226. The van der Waals surface area contributed by atoms with Gasteiger partial charge in [-0.3, -0.25) is 4.79 Å². The Morgan fingerprint density at radius 3 is 2.38 bits per heavy atom. The Morgan fingerprint density at radius 2 is 1.73 bits per heavy atom. The largest absolute Gasteiger partial charge is 0.494 e. The van der Waals surface area contributed by atoms with E-state index in [1.807, 2.05) is 17.0 Å². The molecular weight excluding hydrogens is 324 g/mol. The zero-order valence-electron chi connectivity index (χ0n) is 17.1. The van der Waals surface area contributed by atoms with Crippen LogP contribution >= 0.6 is 0 Å². The zero-order valence-corrected chi connectivity index (χ0v) is 17.1. The number of ether oxygens (including phenoxy) is 1. The Balaban J connectivity index is 2.33. The standard InChI is InChI=1S/C22H38N2O2/c1-4-7-15-24(16-8-5-2)22(25)19-23-14-13-20-11-10-12-21(18-20)26-17-9-6-3/h10-12,18,23H,4-9,13-17,19H2,1-3H3. The van der Waals surface area contributed by atoms with Crippen molar-refractivity contribution in [2.24, 2.45) is 0 Å². The van der Waals surface area contributed by atoms with Crippen LogP contribution in [0.4, 0.5) is 0 Å². The fourth-order valence-corrected chi connectivity index (χ4v) is 2.72. The fourth-order valence-electron chi connectivity index (χ4n) is 2.72. The second-order valence-corrected chi connectivity index (χ2v) is 6.86. The lowest BCUT2D eigenvalue weighted by atomic mass is 10.1. The monoisotopic (exact) mass is 362 g/mol. The van der Waals surface area contributed by atoms with E-state index in [1.165, 1.54) is 5.56 Å². The van der Waals surface area contributed by atoms with E-state index < -0.39 is 0 Å². The summed E-state index contributed by atoms with van der Waals surface area (Å²) in [5, 5.41) is 3.31. The highest BCUT2D eigenvalue weighted by Crippen LogP contribution is 2.14. The van der Waals surface area contributed by atoms with Gasteiger partial charge >= 0.3 is 0 Å². The molecule has 0 heterocycles. The molecule has 0 aliphatic rings. The van der Waals surface area contributed by atoms with Crippen molar-refractivity contribution in [2.45, 2.75) is 65.7 Å². The highest BCUT2D eigenvalue weighted by molar-refractivity contribution is 5.78. The Labute approximate surface area is 160 Å². The van der Waals surface area contributed by atoms with Crippen LogP contribution in [0.1, 0.15) is 64.9 Å². The quantitative estimate of drug-likeness (QED) is 0.469. The number of carbonyl (C=O) groups is 1. The number of carbonyl (C=O) groups excluding carboxylic acids is 1. The van der Waals surface area contributed by atoms with E-state index in [9.17, 15) is 4.79 Å². The van der Waals surface area contributed by atoms with Crippen LogP contribution in [-0.2, 0) is 11.2 Å². The van der Waals surface area contributed by atoms with Crippen molar-refractivity contribution in [3.63, 3.8) is 0 Å². The summed E-state index contributed by atoms with van der Waals surface area (Å²) in [5.41, 5.74) is 1.24. The summed E-state index contributed by atoms with van der Waals surface area (Å²) in [5.74, 6) is 1.17. The number of rotatable bonds is 15. The summed E-state index contributed by atoms with van der Waals surface area (Å²) < 4.78 is 5.76. The maximum atomic E-state index is 12.4. The summed E-state index contributed by atoms with van der Waals surface area (Å²) in [7, 11) is 0. The SMILES string of the molecule is CCCCOc1cccc(CCNCC(=O)N(CCCC)CCCC)c1. The summed E-state index contributed by atoms with van der Waals surface area (Å²) in [6.07, 6.45) is 7.55. The molecule has 0 aliphatic heterocycles. The second-order valence-electron chi connectivity index (χ2n) is 6.86. The molecule has 0 aliphatic carbocycles. The summed E-state index contributed by atoms with van der Waals surface area (Å²) in [6.45, 7) is 10.3. The van der Waals surface area contributed by atoms with Crippen LogP contribution in [0.15, 0.2) is 24.3 Å². The van der Waals surface area contributed by atoms with Gasteiger partial charge in [-0.05, 0) is 49.9 Å². The van der Waals surface area contributed by atoms with Gasteiger partial charge in [0.2, 0.25) is 5.91 Å². The number of hydrogen-bond donors (Lipinski definition) is 1. The molecule has 4 nitrogen and oxygen atoms in total. The Kier molecular flexibility index (Phi) is 12.6. The van der Waals surface area contributed by atoms with E-state index in [0.29, 0.717) is 6.54 Å². The van der Waals surface area contributed by atoms with E-state index in [-0.39, 0.29) is 5.91 Å². The van der Waals surface area contributed by atoms with Gasteiger partial charge in [-0.15, -0.1) is 0 Å². The minimum Gasteiger partial charge on any atom is -0.494 e. The van der Waals surface area contributed by atoms with Gasteiger partial charge in [0, 0.05) is 13.1 Å². The predicted octanol–water partition coefficient (Wildman–Crippen LogP) is 4.43. The summed E-state index contributed by atoms with van der Waals surface area (Å²) in [6, 6.07) is 8.27. The molecule has 0 atom stereocenters. The Bertz CT molecular complexity index is 483. The number of nitrogens with one attached hydrogen (secondary N) is 1. The van der Waals surface area contributed by atoms with Gasteiger partial charge in [0.1, 0.15) is 5.75 Å². The molecule has 1 amide bonds. The lowest BCUT2D eigenvalue weighted by Gasteiger charge is -2.22. The highest BCUT2D eigenvalue weighted by atomic mass is 16.5. The first kappa shape index (κ1) is 22.5. The van der Waals surface area contributed by atoms with Crippen molar-refractivity contribution in [1.82, 2.24) is 10.2 Å². The van der Waals surface area contributed by atoms with Crippen LogP contribution < -0.4 is 10.1 Å². The number of nitrogens with zero attached hydrogens (tertiary/aromatic N) is 1. The van der Waals surface area contributed by atoms with Crippen LogP contribution in [0.2, 0.25) is 0 Å². The zero-order chi connectivity index (χ0) is 19.0. The molecule has 1 aromatic carbocycles. The molecule has 0 saturated heterocycles. The van der Waals surface area contributed by atoms with Crippen molar-refractivity contribution in [3.8, 4) is 5.75 Å². The number of benzene rings is 1. The molecule has 1 N–H and O–H groups in total. The smallest absolute Gasteiger partial charge is 0.236 e. The average Bonchev–Trinajstić information content (AvgIpc) is 2.66. The van der Waals surface area contributed by atoms with Crippen molar-refractivity contribution < 1.29 is 9.53 Å². The molecule has 26 heavy (non-hydrogen) atoms. The van der Waals surface area contributed by atoms with E-state index in [2.05, 4.69) is 38.2 Å². The molecule has 148 valence electrons. The topological polar surface area (TPSA) is 41.6 Å². The van der Waals surface area contributed by atoms with Gasteiger partial charge < -0.3 is 15.0 Å². The fraction of sp³-hybridized carbons (Fsp3) is 0.682. The van der Waals surface area contributed by atoms with E-state index >= 15 is 0 Å². The highest BCUT2D eigenvalue weighted by Gasteiger charge is 2.11. The molecule has 0 radical (unpaired) electrons. The molecule has 0 unspecified atom stereocenters. The minimum atomic E-state index is 0.226. The van der Waals surface area contributed by atoms with Crippen molar-refractivity contribution >= 4 is 5.91 Å². The van der Waals surface area contributed by atoms with Crippen LogP contribution in [0, 0.1) is 0 Å². The van der Waals surface area contributed by atoms with Gasteiger partial charge in [-0.1, -0.05) is 52.2 Å². The first-order valence-electron chi connectivity index (χ1n) is 10.4. The lowest BCUT2D eigenvalue weighted by molar-refractivity contribution is -0.130. The predicted molar refractivity (Wildman–Crippen MR) is 110 cm³/mol. The molecule has 0 aromatic heterocycles. The first-order valence-corrected chi connectivity index (χ1v) is 10.4. The van der Waals surface area contributed by atoms with Gasteiger partial charge in [0.15, 0.2) is 0 Å². The van der Waals surface area contributed by atoms with Crippen LogP contribution in [0.25, 0.3) is 0 Å². The lowest BCUT2D eigenvalue weighted by Crippen LogP contribution is -2.39. The number of unbranched alkanes of at least 4 members (excludes halogenated alkanes) is 3. The third-order valence-corrected chi connectivity index (χ3v) is 4.45. The van der Waals surface area contributed by atoms with Gasteiger partial charge in [-0.2, -0.15) is 0 Å². The summed E-state index contributed by atoms with van der Waals surface area (Å²) >= 11 is 0. The van der Waals surface area contributed by atoms with Crippen LogP contribution in [0.3, 0.4) is 0 Å². The maximum Gasteiger partial charge on any atom is 0.236 e. The molecule has 0 spiro atoms. The molecular formula is C22H38N2O2. The van der Waals surface area contributed by atoms with E-state index in [0.717, 1.165) is 76.9 Å². The van der Waals surface area contributed by atoms with Gasteiger partial charge in [0.05, 0.1) is 13.2 Å². The molecule has 1 aromatic rings. The van der Waals surface area contributed by atoms with Crippen molar-refractivity contribution in [2.75, 3.05) is 32.8 Å². The number of hydrogen-bond acceptors (Lipinski definition) is 3. The van der Waals surface area contributed by atoms with Crippen molar-refractivity contribution in [3.05, 3.63) is 29.8 Å². The maximum absolute atomic E-state index is 12.4. The third kappa shape index (κ3) is 9.81. The average molecular weight is 363 g/mol. The second kappa shape index (κ2) is 14.6. The van der Waals surface area contributed by atoms with E-state index in [1.54, 1.807) is 0 Å². The normalized spacial score (nSPS) is 10.7. The first-order chi connectivity index (χ1) is 12.7. The van der Waals surface area contributed by atoms with Crippen molar-refractivity contribution in [1.29, 1.82) is 0 Å². The molecule has 0 bridgehead atoms. The summed E-state index contributed by atoms with van der Waals surface area (Å²) in [4.78, 5) is 14.4. The van der Waals surface area contributed by atoms with Crippen LogP contribution in [0.5, 0.6) is 5.75 Å². The van der Waals surface area contributed by atoms with Crippen LogP contribution in [-0.4, -0.2) is 43.6 Å². The van der Waals surface area contributed by atoms with E-state index in [4.69, 9.17) is 4.74 Å². The Morgan fingerprint density at radius 1 is 1.04 bits per heavy atom. The Hall–Kier alpha value is -1.55. The van der Waals surface area contributed by atoms with Gasteiger partial charge in [0.25, 0.3) is 0 Å². The molecule has 4 heteroatoms. The molecule has 1 rings (SSSR count). The molecule has 0 fully saturated rings. The molecule has 0 saturated carbocycles. The number of amides is 1.